The molecular formula is C14H16N2O2S. The minimum atomic E-state index is -3.60. The van der Waals surface area contributed by atoms with Crippen LogP contribution in [0.3, 0.4) is 0 Å². The number of sulfonamides is 1. The van der Waals surface area contributed by atoms with Gasteiger partial charge in [-0.25, -0.2) is 8.42 Å². The van der Waals surface area contributed by atoms with Gasteiger partial charge in [0.2, 0.25) is 0 Å². The summed E-state index contributed by atoms with van der Waals surface area (Å²) in [6, 6.07) is 11.6. The van der Waals surface area contributed by atoms with Gasteiger partial charge < -0.3 is 5.73 Å². The number of aryl methyl sites for hydroxylation is 2. The Hall–Kier alpha value is -2.01. The predicted molar refractivity (Wildman–Crippen MR) is 77.6 cm³/mol. The van der Waals surface area contributed by atoms with Crippen LogP contribution in [0.2, 0.25) is 0 Å². The first-order chi connectivity index (χ1) is 8.88. The molecule has 0 spiro atoms. The number of nitrogens with one attached hydrogen (secondary N) is 1. The maximum atomic E-state index is 12.2. The van der Waals surface area contributed by atoms with Gasteiger partial charge in [0, 0.05) is 11.4 Å². The Labute approximate surface area is 113 Å². The van der Waals surface area contributed by atoms with Crippen molar-refractivity contribution in [1.82, 2.24) is 0 Å². The molecule has 2 aromatic rings. The van der Waals surface area contributed by atoms with E-state index in [4.69, 9.17) is 5.73 Å². The molecule has 3 N–H and O–H groups in total. The number of nitrogens with two attached hydrogens (primary N) is 1. The highest BCUT2D eigenvalue weighted by Crippen LogP contribution is 2.20. The molecule has 0 aliphatic carbocycles. The lowest BCUT2D eigenvalue weighted by Crippen LogP contribution is -2.13. The molecule has 2 aromatic carbocycles. The Bertz CT molecular complexity index is 709. The summed E-state index contributed by atoms with van der Waals surface area (Å²) < 4.78 is 26.9. The lowest BCUT2D eigenvalue weighted by atomic mass is 10.1. The van der Waals surface area contributed by atoms with Crippen LogP contribution in [-0.4, -0.2) is 8.42 Å². The molecule has 0 saturated heterocycles. The minimum absolute atomic E-state index is 0.158. The van der Waals surface area contributed by atoms with Crippen LogP contribution >= 0.6 is 0 Å². The van der Waals surface area contributed by atoms with Crippen molar-refractivity contribution in [2.75, 3.05) is 10.5 Å². The zero-order valence-electron chi connectivity index (χ0n) is 10.8. The maximum absolute atomic E-state index is 12.2. The number of hydrogen-bond donors (Lipinski definition) is 2. The van der Waals surface area contributed by atoms with Crippen LogP contribution in [0.15, 0.2) is 47.4 Å². The number of anilines is 2. The summed E-state index contributed by atoms with van der Waals surface area (Å²) in [5.41, 5.74) is 8.72. The van der Waals surface area contributed by atoms with E-state index in [-0.39, 0.29) is 4.90 Å². The fourth-order valence-electron chi connectivity index (χ4n) is 1.70. The number of benzene rings is 2. The summed E-state index contributed by atoms with van der Waals surface area (Å²) in [7, 11) is -3.60. The summed E-state index contributed by atoms with van der Waals surface area (Å²) in [4.78, 5) is 0.158. The van der Waals surface area contributed by atoms with E-state index < -0.39 is 10.0 Å². The average Bonchev–Trinajstić information content (AvgIpc) is 2.33. The van der Waals surface area contributed by atoms with Crippen LogP contribution in [0.5, 0.6) is 0 Å². The number of hydrogen-bond acceptors (Lipinski definition) is 3. The van der Waals surface area contributed by atoms with E-state index in [9.17, 15) is 8.42 Å². The second kappa shape index (κ2) is 4.93. The molecular weight excluding hydrogens is 260 g/mol. The van der Waals surface area contributed by atoms with Gasteiger partial charge in [-0.15, -0.1) is 0 Å². The molecule has 100 valence electrons. The van der Waals surface area contributed by atoms with Gasteiger partial charge in [0.05, 0.1) is 4.90 Å². The molecule has 0 radical (unpaired) electrons. The van der Waals surface area contributed by atoms with Gasteiger partial charge in [-0.3, -0.25) is 4.72 Å². The second-order valence-corrected chi connectivity index (χ2v) is 6.16. The zero-order valence-corrected chi connectivity index (χ0v) is 11.7. The van der Waals surface area contributed by atoms with Crippen molar-refractivity contribution < 1.29 is 8.42 Å². The lowest BCUT2D eigenvalue weighted by molar-refractivity contribution is 0.601. The third kappa shape index (κ3) is 3.06. The third-order valence-electron chi connectivity index (χ3n) is 2.93. The predicted octanol–water partition coefficient (Wildman–Crippen LogP) is 2.69. The summed E-state index contributed by atoms with van der Waals surface area (Å²) >= 11 is 0. The molecule has 0 aliphatic rings. The number of nitrogen functional groups attached to an aromatic ring is 1. The van der Waals surface area contributed by atoms with E-state index in [1.165, 1.54) is 12.1 Å². The van der Waals surface area contributed by atoms with E-state index in [2.05, 4.69) is 4.72 Å². The van der Waals surface area contributed by atoms with E-state index in [0.717, 1.165) is 11.1 Å². The van der Waals surface area contributed by atoms with E-state index in [0.29, 0.717) is 11.4 Å². The SMILES string of the molecule is Cc1ccc(NS(=O)(=O)c2cccc(N)c2)cc1C. The molecule has 5 heteroatoms. The normalized spacial score (nSPS) is 11.3. The van der Waals surface area contributed by atoms with Crippen LogP contribution in [0.1, 0.15) is 11.1 Å². The third-order valence-corrected chi connectivity index (χ3v) is 4.31. The first kappa shape index (κ1) is 13.4. The standard InChI is InChI=1S/C14H16N2O2S/c1-10-6-7-13(8-11(10)2)16-19(17,18)14-5-3-4-12(15)9-14/h3-9,16H,15H2,1-2H3. The van der Waals surface area contributed by atoms with Crippen LogP contribution in [0.25, 0.3) is 0 Å². The van der Waals surface area contributed by atoms with Crippen molar-refractivity contribution in [1.29, 1.82) is 0 Å². The average molecular weight is 276 g/mol. The molecule has 0 fully saturated rings. The quantitative estimate of drug-likeness (QED) is 0.847. The summed E-state index contributed by atoms with van der Waals surface area (Å²) in [5.74, 6) is 0. The van der Waals surface area contributed by atoms with Gasteiger partial charge in [-0.05, 0) is 55.3 Å². The molecule has 4 nitrogen and oxygen atoms in total. The van der Waals surface area contributed by atoms with Crippen LogP contribution in [-0.2, 0) is 10.0 Å². The highest BCUT2D eigenvalue weighted by atomic mass is 32.2. The highest BCUT2D eigenvalue weighted by Gasteiger charge is 2.14. The van der Waals surface area contributed by atoms with Gasteiger partial charge in [0.15, 0.2) is 0 Å². The molecule has 0 unspecified atom stereocenters. The van der Waals surface area contributed by atoms with E-state index >= 15 is 0 Å². The van der Waals surface area contributed by atoms with Gasteiger partial charge in [0.25, 0.3) is 10.0 Å². The Balaban J connectivity index is 2.33. The van der Waals surface area contributed by atoms with Gasteiger partial charge >= 0.3 is 0 Å². The molecule has 2 rings (SSSR count). The van der Waals surface area contributed by atoms with Gasteiger partial charge in [-0.1, -0.05) is 12.1 Å². The van der Waals surface area contributed by atoms with E-state index in [1.54, 1.807) is 24.3 Å². The zero-order chi connectivity index (χ0) is 14.0. The Morgan fingerprint density at radius 1 is 1.00 bits per heavy atom. The highest BCUT2D eigenvalue weighted by molar-refractivity contribution is 7.92. The molecule has 0 aliphatic heterocycles. The Kier molecular flexibility index (Phi) is 3.48. The lowest BCUT2D eigenvalue weighted by Gasteiger charge is -2.10. The molecule has 0 bridgehead atoms. The molecule has 0 atom stereocenters. The van der Waals surface area contributed by atoms with Crippen molar-refractivity contribution in [3.8, 4) is 0 Å². The molecule has 0 saturated carbocycles. The molecule has 19 heavy (non-hydrogen) atoms. The van der Waals surface area contributed by atoms with Crippen molar-refractivity contribution in [3.05, 3.63) is 53.6 Å². The molecule has 0 amide bonds. The summed E-state index contributed by atoms with van der Waals surface area (Å²) in [6.07, 6.45) is 0. The smallest absolute Gasteiger partial charge is 0.261 e. The van der Waals surface area contributed by atoms with Crippen LogP contribution in [0, 0.1) is 13.8 Å². The second-order valence-electron chi connectivity index (χ2n) is 4.48. The Morgan fingerprint density at radius 3 is 2.37 bits per heavy atom. The fraction of sp³-hybridized carbons (Fsp3) is 0.143. The molecule has 0 aromatic heterocycles. The summed E-state index contributed by atoms with van der Waals surface area (Å²) in [6.45, 7) is 3.92. The van der Waals surface area contributed by atoms with Crippen molar-refractivity contribution >= 4 is 21.4 Å². The number of rotatable bonds is 3. The van der Waals surface area contributed by atoms with Gasteiger partial charge in [-0.2, -0.15) is 0 Å². The Morgan fingerprint density at radius 2 is 1.74 bits per heavy atom. The first-order valence-corrected chi connectivity index (χ1v) is 7.32. The summed E-state index contributed by atoms with van der Waals surface area (Å²) in [5, 5.41) is 0. The van der Waals surface area contributed by atoms with E-state index in [1.807, 2.05) is 19.9 Å². The van der Waals surface area contributed by atoms with Crippen molar-refractivity contribution in [3.63, 3.8) is 0 Å². The van der Waals surface area contributed by atoms with Crippen LogP contribution < -0.4 is 10.5 Å². The van der Waals surface area contributed by atoms with Crippen LogP contribution in [0.4, 0.5) is 11.4 Å². The largest absolute Gasteiger partial charge is 0.399 e. The topological polar surface area (TPSA) is 72.2 Å². The van der Waals surface area contributed by atoms with Gasteiger partial charge in [0.1, 0.15) is 0 Å². The van der Waals surface area contributed by atoms with Crippen molar-refractivity contribution in [2.45, 2.75) is 18.7 Å². The molecule has 0 heterocycles. The van der Waals surface area contributed by atoms with Crippen molar-refractivity contribution in [2.24, 2.45) is 0 Å². The maximum Gasteiger partial charge on any atom is 0.261 e. The first-order valence-electron chi connectivity index (χ1n) is 5.84. The fourth-order valence-corrected chi connectivity index (χ4v) is 2.80. The minimum Gasteiger partial charge on any atom is -0.399 e. The monoisotopic (exact) mass is 276 g/mol.